The van der Waals surface area contributed by atoms with Gasteiger partial charge in [-0.25, -0.2) is 0 Å². The van der Waals surface area contributed by atoms with Gasteiger partial charge in [-0.2, -0.15) is 0 Å². The summed E-state index contributed by atoms with van der Waals surface area (Å²) in [4.78, 5) is 39.8. The van der Waals surface area contributed by atoms with E-state index in [1.165, 1.54) is 23.3 Å². The molecule has 8 N–H and O–H groups in total. The minimum absolute atomic E-state index is 0.0366. The number of anilines is 2. The molecule has 0 aliphatic heterocycles. The van der Waals surface area contributed by atoms with Crippen molar-refractivity contribution in [2.75, 3.05) is 51.0 Å². The van der Waals surface area contributed by atoms with Crippen LogP contribution in [0.3, 0.4) is 0 Å². The van der Waals surface area contributed by atoms with Gasteiger partial charge in [-0.15, -0.1) is 0 Å². The Labute approximate surface area is 324 Å². The smallest absolute Gasteiger partial charge is 0.211 e. The number of aliphatic hydroxyl groups is 2. The summed E-state index contributed by atoms with van der Waals surface area (Å²) in [6, 6.07) is 25.0. The highest BCUT2D eigenvalue weighted by molar-refractivity contribution is 5.87. The van der Waals surface area contributed by atoms with Gasteiger partial charge in [0.05, 0.1) is 49.7 Å². The molecule has 16 nitrogen and oxygen atoms in total. The molecule has 300 valence electrons. The van der Waals surface area contributed by atoms with Crippen molar-refractivity contribution in [1.29, 1.82) is 0 Å². The Hall–Kier alpha value is -6.46. The van der Waals surface area contributed by atoms with Crippen LogP contribution in [0.25, 0.3) is 0 Å². The maximum Gasteiger partial charge on any atom is 0.211 e. The fraction of sp³-hybridized carbons (Fsp3) is 0.250. The summed E-state index contributed by atoms with van der Waals surface area (Å²) in [7, 11) is 3.27. The monoisotopic (exact) mass is 774 g/mol. The summed E-state index contributed by atoms with van der Waals surface area (Å²) in [5.74, 6) is -1.51. The first-order valence-electron chi connectivity index (χ1n) is 17.1. The molecule has 0 saturated heterocycles. The van der Waals surface area contributed by atoms with Crippen molar-refractivity contribution in [3.05, 3.63) is 119 Å². The zero-order chi connectivity index (χ0) is 41.3. The van der Waals surface area contributed by atoms with Crippen LogP contribution >= 0.6 is 0 Å². The second kappa shape index (κ2) is 25.5. The molecule has 0 bridgehead atoms. The molecule has 16 heteroatoms. The molecule has 0 fully saturated rings. The molecule has 2 amide bonds. The van der Waals surface area contributed by atoms with Gasteiger partial charge in [-0.3, -0.25) is 9.59 Å². The number of ether oxygens (including phenoxy) is 2. The highest BCUT2D eigenvalue weighted by atomic mass is 16.5. The Morgan fingerprint density at radius 3 is 1.29 bits per heavy atom. The number of hydrogen-bond donors (Lipinski definition) is 8. The average Bonchev–Trinajstić information content (AvgIpc) is 3.20. The Balaban J connectivity index is 0.000000325. The summed E-state index contributed by atoms with van der Waals surface area (Å²) in [5.41, 5.74) is 4.16. The summed E-state index contributed by atoms with van der Waals surface area (Å²) in [6.45, 7) is 2.20. The minimum Gasteiger partial charge on any atom is -0.545 e. The van der Waals surface area contributed by atoms with Gasteiger partial charge in [-0.1, -0.05) is 36.4 Å². The van der Waals surface area contributed by atoms with E-state index in [4.69, 9.17) is 9.47 Å². The number of carboxylic acids is 2. The van der Waals surface area contributed by atoms with Crippen LogP contribution in [0.5, 0.6) is 23.0 Å². The van der Waals surface area contributed by atoms with E-state index in [9.17, 15) is 49.8 Å². The van der Waals surface area contributed by atoms with Crippen molar-refractivity contribution in [3.63, 3.8) is 0 Å². The van der Waals surface area contributed by atoms with Gasteiger partial charge in [0, 0.05) is 13.1 Å². The molecular formula is C40H46N4O12-2. The number of hydrogen-bond acceptors (Lipinski definition) is 14. The van der Waals surface area contributed by atoms with E-state index in [0.717, 1.165) is 37.4 Å². The Morgan fingerprint density at radius 2 is 0.982 bits per heavy atom. The van der Waals surface area contributed by atoms with E-state index in [2.05, 4.69) is 21.3 Å². The van der Waals surface area contributed by atoms with Crippen LogP contribution in [0.1, 0.15) is 34.5 Å². The number of aliphatic hydroxyl groups excluding tert-OH is 2. The number of nitrogens with one attached hydrogen (secondary N) is 4. The molecule has 0 aliphatic carbocycles. The maximum atomic E-state index is 10.5. The first-order valence-corrected chi connectivity index (χ1v) is 17.1. The standard InChI is InChI=1S/2C18H22N2O4.C4H4O4/c2*1-24-15-5-2-13(3-6-15)8-9-19-11-18(23)14-4-7-17(22)16(10-14)20-12-21;5-3(6)1-2-4(7)8/h2*2-7,10,12,18-19,22-23H,8-9,11H2,1H3,(H,20,21);1-2H,(H,5,6)(H,7,8)/p-2/b;;2-1+. The van der Waals surface area contributed by atoms with E-state index in [0.29, 0.717) is 49.2 Å². The van der Waals surface area contributed by atoms with Gasteiger partial charge in [-0.05, 0) is 109 Å². The van der Waals surface area contributed by atoms with Crippen molar-refractivity contribution < 1.29 is 59.3 Å². The number of aromatic hydroxyl groups is 2. The van der Waals surface area contributed by atoms with Crippen LogP contribution in [0.4, 0.5) is 11.4 Å². The van der Waals surface area contributed by atoms with Crippen LogP contribution in [-0.4, -0.2) is 85.6 Å². The Kier molecular flexibility index (Phi) is 20.8. The summed E-state index contributed by atoms with van der Waals surface area (Å²) in [5, 5.41) is 69.6. The Morgan fingerprint density at radius 1 is 0.625 bits per heavy atom. The number of carboxylic acid groups (broad SMARTS) is 2. The van der Waals surface area contributed by atoms with Crippen molar-refractivity contribution in [1.82, 2.24) is 10.6 Å². The van der Waals surface area contributed by atoms with Crippen LogP contribution in [0.15, 0.2) is 97.1 Å². The SMILES string of the molecule is COc1ccc(CCNCC(O)c2ccc(O)c(NC=O)c2)cc1.COc1ccc(CCNCC(O)c2ccc(O)c(NC=O)c2)cc1.O=C([O-])/C=C/C(=O)[O-]. The number of benzene rings is 4. The quantitative estimate of drug-likeness (QED) is 0.0266. The van der Waals surface area contributed by atoms with Gasteiger partial charge in [0.25, 0.3) is 0 Å². The van der Waals surface area contributed by atoms with Crippen LogP contribution in [0.2, 0.25) is 0 Å². The fourth-order valence-electron chi connectivity index (χ4n) is 4.78. The highest BCUT2D eigenvalue weighted by Gasteiger charge is 2.11. The lowest BCUT2D eigenvalue weighted by molar-refractivity contribution is -0.301. The molecule has 0 aliphatic rings. The molecule has 0 saturated carbocycles. The second-order valence-electron chi connectivity index (χ2n) is 11.7. The van der Waals surface area contributed by atoms with E-state index >= 15 is 0 Å². The first kappa shape index (κ1) is 45.7. The van der Waals surface area contributed by atoms with E-state index in [1.807, 2.05) is 48.5 Å². The number of amides is 2. The Bertz CT molecular complexity index is 1700. The van der Waals surface area contributed by atoms with Crippen molar-refractivity contribution in [2.24, 2.45) is 0 Å². The van der Waals surface area contributed by atoms with Gasteiger partial charge in [0.2, 0.25) is 12.8 Å². The van der Waals surface area contributed by atoms with E-state index < -0.39 is 24.1 Å². The summed E-state index contributed by atoms with van der Waals surface area (Å²) < 4.78 is 10.2. The molecule has 0 heterocycles. The maximum absolute atomic E-state index is 10.5. The molecule has 0 aromatic heterocycles. The molecule has 0 radical (unpaired) electrons. The average molecular weight is 775 g/mol. The fourth-order valence-corrected chi connectivity index (χ4v) is 4.78. The van der Waals surface area contributed by atoms with Gasteiger partial charge >= 0.3 is 0 Å². The van der Waals surface area contributed by atoms with Crippen LogP contribution in [-0.2, 0) is 32.0 Å². The second-order valence-corrected chi connectivity index (χ2v) is 11.7. The molecule has 2 atom stereocenters. The molecule has 4 aromatic carbocycles. The largest absolute Gasteiger partial charge is 0.545 e. The molecule has 4 aromatic rings. The lowest BCUT2D eigenvalue weighted by Gasteiger charge is -2.14. The predicted molar refractivity (Wildman–Crippen MR) is 204 cm³/mol. The summed E-state index contributed by atoms with van der Waals surface area (Å²) in [6.07, 6.45) is 1.96. The van der Waals surface area contributed by atoms with Crippen LogP contribution < -0.4 is 41.0 Å². The third-order valence-corrected chi connectivity index (χ3v) is 7.77. The first-order chi connectivity index (χ1) is 26.9. The number of rotatable bonds is 20. The number of phenolic OH excluding ortho intramolecular Hbond substituents is 2. The molecule has 4 rings (SSSR count). The number of methoxy groups -OCH3 is 2. The molecule has 56 heavy (non-hydrogen) atoms. The highest BCUT2D eigenvalue weighted by Crippen LogP contribution is 2.27. The third kappa shape index (κ3) is 17.6. The van der Waals surface area contributed by atoms with Gasteiger partial charge < -0.3 is 71.0 Å². The van der Waals surface area contributed by atoms with Crippen molar-refractivity contribution >= 4 is 36.1 Å². The van der Waals surface area contributed by atoms with Gasteiger partial charge in [0.15, 0.2) is 0 Å². The number of aliphatic carboxylic acids is 2. The van der Waals surface area contributed by atoms with Crippen LogP contribution in [0, 0.1) is 0 Å². The third-order valence-electron chi connectivity index (χ3n) is 7.77. The van der Waals surface area contributed by atoms with E-state index in [1.54, 1.807) is 38.5 Å². The topological polar surface area (TPSA) is 262 Å². The summed E-state index contributed by atoms with van der Waals surface area (Å²) >= 11 is 0. The van der Waals surface area contributed by atoms with Crippen molar-refractivity contribution in [2.45, 2.75) is 25.0 Å². The van der Waals surface area contributed by atoms with Gasteiger partial charge in [0.1, 0.15) is 23.0 Å². The zero-order valence-electron chi connectivity index (χ0n) is 30.8. The number of carbonyl (C=O) groups is 4. The number of carbonyl (C=O) groups excluding carboxylic acids is 4. The molecular weight excluding hydrogens is 728 g/mol. The lowest BCUT2D eigenvalue weighted by Crippen LogP contribution is -2.23. The predicted octanol–water partition coefficient (Wildman–Crippen LogP) is 0.712. The van der Waals surface area contributed by atoms with Crippen molar-refractivity contribution in [3.8, 4) is 23.0 Å². The van der Waals surface area contributed by atoms with E-state index in [-0.39, 0.29) is 22.9 Å². The lowest BCUT2D eigenvalue weighted by atomic mass is 10.1. The normalized spacial score (nSPS) is 11.4. The minimum atomic E-state index is -1.55. The number of phenols is 2. The molecule has 0 spiro atoms. The zero-order valence-corrected chi connectivity index (χ0v) is 30.8. The molecule has 2 unspecified atom stereocenters.